The molecule has 0 aliphatic carbocycles. The summed E-state index contributed by atoms with van der Waals surface area (Å²) in [4.78, 5) is 8.73. The quantitative estimate of drug-likeness (QED) is 0.807. The molecule has 0 saturated carbocycles. The largest absolute Gasteiger partial charge is 0.372 e. The normalized spacial score (nSPS) is 29.1. The highest BCUT2D eigenvalue weighted by Gasteiger charge is 2.21. The van der Waals surface area contributed by atoms with Gasteiger partial charge in [0.05, 0.1) is 23.6 Å². The average molecular weight is 248 g/mol. The molecule has 0 radical (unpaired) electrons. The second-order valence-electron chi connectivity index (χ2n) is 5.08. The van der Waals surface area contributed by atoms with Gasteiger partial charge in [-0.2, -0.15) is 0 Å². The van der Waals surface area contributed by atoms with Crippen LogP contribution in [-0.4, -0.2) is 23.2 Å². The molecule has 18 heavy (non-hydrogen) atoms. The molecule has 0 unspecified atom stereocenters. The summed E-state index contributed by atoms with van der Waals surface area (Å²) >= 11 is 0. The van der Waals surface area contributed by atoms with E-state index in [2.05, 4.69) is 16.0 Å². The Kier molecular flexibility index (Phi) is 3.86. The monoisotopic (exact) mass is 248 g/mol. The average Bonchev–Trinajstić information content (AvgIpc) is 2.49. The van der Waals surface area contributed by atoms with Crippen LogP contribution in [-0.2, 0) is 9.47 Å². The minimum atomic E-state index is 0.157. The van der Waals surface area contributed by atoms with Crippen LogP contribution in [0.25, 0.3) is 0 Å². The Morgan fingerprint density at radius 2 is 1.39 bits per heavy atom. The first kappa shape index (κ1) is 12.1. The van der Waals surface area contributed by atoms with Crippen molar-refractivity contribution in [3.05, 3.63) is 23.8 Å². The van der Waals surface area contributed by atoms with E-state index in [0.29, 0.717) is 0 Å². The molecule has 0 bridgehead atoms. The van der Waals surface area contributed by atoms with Crippen LogP contribution in [0.1, 0.15) is 62.1 Å². The minimum absolute atomic E-state index is 0.157. The topological polar surface area (TPSA) is 44.2 Å². The van der Waals surface area contributed by atoms with E-state index in [1.54, 1.807) is 6.33 Å². The van der Waals surface area contributed by atoms with E-state index in [4.69, 9.17) is 9.47 Å². The van der Waals surface area contributed by atoms with Gasteiger partial charge in [0.15, 0.2) is 0 Å². The van der Waals surface area contributed by atoms with Crippen molar-refractivity contribution in [2.45, 2.75) is 50.7 Å². The van der Waals surface area contributed by atoms with Crippen LogP contribution < -0.4 is 0 Å². The molecule has 98 valence electrons. The molecular formula is C14H20N2O2. The molecule has 2 atom stereocenters. The molecule has 1 aromatic heterocycles. The third-order valence-electron chi connectivity index (χ3n) is 3.73. The first-order valence-electron chi connectivity index (χ1n) is 6.98. The van der Waals surface area contributed by atoms with Gasteiger partial charge in [-0.1, -0.05) is 0 Å². The van der Waals surface area contributed by atoms with E-state index in [0.717, 1.165) is 37.4 Å². The second kappa shape index (κ2) is 5.76. The molecule has 3 heterocycles. The number of hydrogen-bond donors (Lipinski definition) is 0. The summed E-state index contributed by atoms with van der Waals surface area (Å²) in [6.07, 6.45) is 8.90. The van der Waals surface area contributed by atoms with Gasteiger partial charge < -0.3 is 9.47 Å². The lowest BCUT2D eigenvalue weighted by Gasteiger charge is -2.24. The van der Waals surface area contributed by atoms with E-state index < -0.39 is 0 Å². The molecule has 0 spiro atoms. The third kappa shape index (κ3) is 2.70. The highest BCUT2D eigenvalue weighted by molar-refractivity contribution is 5.14. The van der Waals surface area contributed by atoms with E-state index in [1.165, 1.54) is 25.7 Å². The van der Waals surface area contributed by atoms with Gasteiger partial charge in [-0.05, 0) is 44.6 Å². The van der Waals surface area contributed by atoms with E-state index >= 15 is 0 Å². The zero-order valence-electron chi connectivity index (χ0n) is 10.7. The van der Waals surface area contributed by atoms with Crippen molar-refractivity contribution in [1.82, 2.24) is 9.97 Å². The van der Waals surface area contributed by atoms with Gasteiger partial charge in [-0.3, -0.25) is 0 Å². The molecule has 4 heteroatoms. The summed E-state index contributed by atoms with van der Waals surface area (Å²) in [5.74, 6) is 0. The maximum absolute atomic E-state index is 5.78. The van der Waals surface area contributed by atoms with E-state index in [9.17, 15) is 0 Å². The van der Waals surface area contributed by atoms with Crippen LogP contribution >= 0.6 is 0 Å². The standard InChI is InChI=1S/C14H20N2O2/c1-3-7-17-13(5-1)11-9-12(16-10-15-11)14-6-2-4-8-18-14/h9-10,13-14H,1-8H2/t13-,14+. The summed E-state index contributed by atoms with van der Waals surface area (Å²) in [6, 6.07) is 2.08. The summed E-state index contributed by atoms with van der Waals surface area (Å²) in [7, 11) is 0. The van der Waals surface area contributed by atoms with Gasteiger partial charge in [-0.15, -0.1) is 0 Å². The molecule has 2 aliphatic rings. The summed E-state index contributed by atoms with van der Waals surface area (Å²) in [5.41, 5.74) is 2.04. The van der Waals surface area contributed by atoms with Gasteiger partial charge in [0, 0.05) is 13.2 Å². The van der Waals surface area contributed by atoms with Crippen LogP contribution in [0.5, 0.6) is 0 Å². The molecule has 4 nitrogen and oxygen atoms in total. The maximum Gasteiger partial charge on any atom is 0.116 e. The predicted molar refractivity (Wildman–Crippen MR) is 67.1 cm³/mol. The molecule has 2 saturated heterocycles. The van der Waals surface area contributed by atoms with Gasteiger partial charge >= 0.3 is 0 Å². The molecule has 3 rings (SSSR count). The number of aromatic nitrogens is 2. The molecule has 2 aliphatic heterocycles. The van der Waals surface area contributed by atoms with Crippen LogP contribution in [0.15, 0.2) is 12.4 Å². The molecule has 0 amide bonds. The van der Waals surface area contributed by atoms with Crippen molar-refractivity contribution < 1.29 is 9.47 Å². The molecule has 0 aromatic carbocycles. The Morgan fingerprint density at radius 3 is 1.83 bits per heavy atom. The van der Waals surface area contributed by atoms with Crippen LogP contribution in [0.4, 0.5) is 0 Å². The zero-order chi connectivity index (χ0) is 12.2. The smallest absolute Gasteiger partial charge is 0.116 e. The van der Waals surface area contributed by atoms with E-state index in [1.807, 2.05) is 0 Å². The number of hydrogen-bond acceptors (Lipinski definition) is 4. The Hall–Kier alpha value is -1.00. The Labute approximate surface area is 108 Å². The molecule has 1 aromatic rings. The highest BCUT2D eigenvalue weighted by Crippen LogP contribution is 2.30. The minimum Gasteiger partial charge on any atom is -0.372 e. The lowest BCUT2D eigenvalue weighted by molar-refractivity contribution is 0.00722. The van der Waals surface area contributed by atoms with Crippen LogP contribution in [0, 0.1) is 0 Å². The Bertz CT molecular complexity index is 352. The van der Waals surface area contributed by atoms with Crippen molar-refractivity contribution in [3.63, 3.8) is 0 Å². The van der Waals surface area contributed by atoms with Crippen molar-refractivity contribution in [3.8, 4) is 0 Å². The molecular weight excluding hydrogens is 228 g/mol. The number of ether oxygens (including phenoxy) is 2. The van der Waals surface area contributed by atoms with Crippen molar-refractivity contribution >= 4 is 0 Å². The van der Waals surface area contributed by atoms with Gasteiger partial charge in [0.1, 0.15) is 6.33 Å². The van der Waals surface area contributed by atoms with Gasteiger partial charge in [0.25, 0.3) is 0 Å². The lowest BCUT2D eigenvalue weighted by Crippen LogP contribution is -2.16. The third-order valence-corrected chi connectivity index (χ3v) is 3.73. The van der Waals surface area contributed by atoms with Gasteiger partial charge in [-0.25, -0.2) is 9.97 Å². The molecule has 0 N–H and O–H groups in total. The van der Waals surface area contributed by atoms with Crippen LogP contribution in [0.2, 0.25) is 0 Å². The van der Waals surface area contributed by atoms with Crippen molar-refractivity contribution in [1.29, 1.82) is 0 Å². The van der Waals surface area contributed by atoms with E-state index in [-0.39, 0.29) is 12.2 Å². The number of rotatable bonds is 2. The van der Waals surface area contributed by atoms with Gasteiger partial charge in [0.2, 0.25) is 0 Å². The Balaban J connectivity index is 1.75. The number of nitrogens with zero attached hydrogens (tertiary/aromatic N) is 2. The highest BCUT2D eigenvalue weighted by atomic mass is 16.5. The van der Waals surface area contributed by atoms with Crippen LogP contribution in [0.3, 0.4) is 0 Å². The first-order chi connectivity index (χ1) is 8.93. The summed E-state index contributed by atoms with van der Waals surface area (Å²) in [5, 5.41) is 0. The van der Waals surface area contributed by atoms with Crippen molar-refractivity contribution in [2.75, 3.05) is 13.2 Å². The Morgan fingerprint density at radius 1 is 0.833 bits per heavy atom. The first-order valence-corrected chi connectivity index (χ1v) is 6.98. The fraction of sp³-hybridized carbons (Fsp3) is 0.714. The zero-order valence-corrected chi connectivity index (χ0v) is 10.7. The maximum atomic E-state index is 5.78. The second-order valence-corrected chi connectivity index (χ2v) is 5.08. The SMILES string of the molecule is c1nc([C@@H]2CCCCO2)cc([C@H]2CCCCO2)n1. The predicted octanol–water partition coefficient (Wildman–Crippen LogP) is 2.96. The molecule has 2 fully saturated rings. The fourth-order valence-electron chi connectivity index (χ4n) is 2.69. The van der Waals surface area contributed by atoms with Crippen molar-refractivity contribution in [2.24, 2.45) is 0 Å². The fourth-order valence-corrected chi connectivity index (χ4v) is 2.69. The summed E-state index contributed by atoms with van der Waals surface area (Å²) in [6.45, 7) is 1.70. The summed E-state index contributed by atoms with van der Waals surface area (Å²) < 4.78 is 11.6. The lowest BCUT2D eigenvalue weighted by atomic mass is 10.0.